The van der Waals surface area contributed by atoms with Crippen LogP contribution in [-0.2, 0) is 18.0 Å². The molecule has 2 amide bonds. The van der Waals surface area contributed by atoms with Crippen molar-refractivity contribution in [3.05, 3.63) is 59.7 Å². The number of aromatic nitrogens is 4. The molecule has 0 aliphatic carbocycles. The van der Waals surface area contributed by atoms with E-state index >= 15 is 0 Å². The van der Waals surface area contributed by atoms with E-state index in [-0.39, 0.29) is 18.3 Å². The predicted molar refractivity (Wildman–Crippen MR) is 126 cm³/mol. The highest BCUT2D eigenvalue weighted by Gasteiger charge is 2.26. The monoisotopic (exact) mass is 466 g/mol. The lowest BCUT2D eigenvalue weighted by Crippen LogP contribution is -2.41. The van der Waals surface area contributed by atoms with Crippen molar-refractivity contribution in [2.75, 3.05) is 31.6 Å². The fraction of sp³-hybridized carbons (Fsp3) is 0.417. The van der Waals surface area contributed by atoms with Gasteiger partial charge in [0, 0.05) is 25.8 Å². The van der Waals surface area contributed by atoms with Crippen LogP contribution in [0.1, 0.15) is 53.2 Å². The van der Waals surface area contributed by atoms with E-state index in [9.17, 15) is 9.59 Å². The second kappa shape index (κ2) is 10.5. The Labute approximate surface area is 198 Å². The minimum Gasteiger partial charge on any atom is -0.471 e. The van der Waals surface area contributed by atoms with Crippen LogP contribution in [0.25, 0.3) is 0 Å². The van der Waals surface area contributed by atoms with Crippen molar-refractivity contribution in [3.63, 3.8) is 0 Å². The van der Waals surface area contributed by atoms with Gasteiger partial charge in [0.2, 0.25) is 0 Å². The molecule has 0 saturated carbocycles. The Kier molecular flexibility index (Phi) is 7.27. The first kappa shape index (κ1) is 23.5. The molecule has 4 rings (SSSR count). The molecule has 0 radical (unpaired) electrons. The number of aryl methyl sites for hydroxylation is 1. The van der Waals surface area contributed by atoms with Gasteiger partial charge in [-0.25, -0.2) is 4.68 Å². The van der Waals surface area contributed by atoms with Crippen molar-refractivity contribution < 1.29 is 19.1 Å². The molecule has 0 spiro atoms. The summed E-state index contributed by atoms with van der Waals surface area (Å²) in [6.07, 6.45) is 3.17. The van der Waals surface area contributed by atoms with Crippen molar-refractivity contribution in [1.82, 2.24) is 24.5 Å². The molecule has 0 unspecified atom stereocenters. The van der Waals surface area contributed by atoms with Gasteiger partial charge in [0.05, 0.1) is 25.1 Å². The number of rotatable bonds is 8. The maximum atomic E-state index is 13.1. The zero-order valence-electron chi connectivity index (χ0n) is 19.7. The molecule has 0 bridgehead atoms. The summed E-state index contributed by atoms with van der Waals surface area (Å²) >= 11 is 0. The number of morpholine rings is 1. The van der Waals surface area contributed by atoms with E-state index in [2.05, 4.69) is 29.4 Å². The number of anilines is 1. The van der Waals surface area contributed by atoms with E-state index in [1.807, 2.05) is 31.2 Å². The van der Waals surface area contributed by atoms with E-state index in [1.165, 1.54) is 11.8 Å². The smallest absolute Gasteiger partial charge is 0.276 e. The number of nitrogens with one attached hydrogen (secondary N) is 1. The van der Waals surface area contributed by atoms with Gasteiger partial charge in [-0.15, -0.1) is 0 Å². The van der Waals surface area contributed by atoms with Crippen molar-refractivity contribution >= 4 is 17.5 Å². The van der Waals surface area contributed by atoms with Crippen LogP contribution in [0.4, 0.5) is 5.69 Å². The Bertz CT molecular complexity index is 1130. The fourth-order valence-electron chi connectivity index (χ4n) is 3.69. The molecule has 34 heavy (non-hydrogen) atoms. The topological polar surface area (TPSA) is 104 Å². The van der Waals surface area contributed by atoms with Crippen molar-refractivity contribution in [2.24, 2.45) is 0 Å². The van der Waals surface area contributed by atoms with E-state index in [4.69, 9.17) is 9.47 Å². The number of ether oxygens (including phenoxy) is 2. The van der Waals surface area contributed by atoms with Gasteiger partial charge < -0.3 is 19.7 Å². The van der Waals surface area contributed by atoms with E-state index in [1.54, 1.807) is 26.5 Å². The van der Waals surface area contributed by atoms with E-state index in [0.29, 0.717) is 50.1 Å². The lowest BCUT2D eigenvalue weighted by Gasteiger charge is -2.27. The summed E-state index contributed by atoms with van der Waals surface area (Å²) in [5.74, 6) is 0.576. The summed E-state index contributed by atoms with van der Waals surface area (Å²) in [4.78, 5) is 27.6. The molecule has 3 heterocycles. The molecule has 1 aliphatic rings. The van der Waals surface area contributed by atoms with E-state index < -0.39 is 5.91 Å². The SMILES string of the molecule is CCn1ncc(NC(=O)c2ccn(COc3ccc(C(C)C)cc3)n2)c1C(=O)N1CCOCC1. The first-order valence-electron chi connectivity index (χ1n) is 11.5. The highest BCUT2D eigenvalue weighted by Crippen LogP contribution is 2.20. The molecule has 1 fully saturated rings. The Morgan fingerprint density at radius 3 is 2.56 bits per heavy atom. The molecule has 1 N–H and O–H groups in total. The zero-order chi connectivity index (χ0) is 24.1. The zero-order valence-corrected chi connectivity index (χ0v) is 19.7. The van der Waals surface area contributed by atoms with Crippen LogP contribution < -0.4 is 10.1 Å². The van der Waals surface area contributed by atoms with Gasteiger partial charge in [-0.3, -0.25) is 14.3 Å². The van der Waals surface area contributed by atoms with Gasteiger partial charge in [0.25, 0.3) is 11.8 Å². The molecule has 1 aliphatic heterocycles. The average Bonchev–Trinajstić information content (AvgIpc) is 3.50. The van der Waals surface area contributed by atoms with Crippen LogP contribution in [0.3, 0.4) is 0 Å². The summed E-state index contributed by atoms with van der Waals surface area (Å²) in [6, 6.07) is 9.52. The van der Waals surface area contributed by atoms with Crippen LogP contribution in [-0.4, -0.2) is 62.6 Å². The normalized spacial score (nSPS) is 13.8. The summed E-state index contributed by atoms with van der Waals surface area (Å²) in [6.45, 7) is 8.85. The molecule has 1 saturated heterocycles. The summed E-state index contributed by atoms with van der Waals surface area (Å²) in [5.41, 5.74) is 2.17. The predicted octanol–water partition coefficient (Wildman–Crippen LogP) is 2.98. The third kappa shape index (κ3) is 5.28. The Morgan fingerprint density at radius 1 is 1.15 bits per heavy atom. The maximum Gasteiger partial charge on any atom is 0.276 e. The van der Waals surface area contributed by atoms with Gasteiger partial charge in [0.15, 0.2) is 12.4 Å². The molecule has 10 heteroatoms. The summed E-state index contributed by atoms with van der Waals surface area (Å²) in [5, 5.41) is 11.3. The first-order valence-corrected chi connectivity index (χ1v) is 11.5. The minimum atomic E-state index is -0.424. The molecular formula is C24H30N6O4. The molecule has 2 aromatic heterocycles. The highest BCUT2D eigenvalue weighted by atomic mass is 16.5. The van der Waals surface area contributed by atoms with Gasteiger partial charge in [-0.2, -0.15) is 10.2 Å². The standard InChI is InChI=1S/C24H30N6O4/c1-4-30-22(24(32)28-11-13-33-14-12-28)21(15-25-30)26-23(31)20-9-10-29(27-20)16-34-19-7-5-18(6-8-19)17(2)3/h5-10,15,17H,4,11-14,16H2,1-3H3,(H,26,31). The number of nitrogens with zero attached hydrogens (tertiary/aromatic N) is 5. The van der Waals surface area contributed by atoms with E-state index in [0.717, 1.165) is 5.75 Å². The van der Waals surface area contributed by atoms with Crippen LogP contribution in [0.2, 0.25) is 0 Å². The quantitative estimate of drug-likeness (QED) is 0.547. The lowest BCUT2D eigenvalue weighted by molar-refractivity contribution is 0.0295. The van der Waals surface area contributed by atoms with Crippen molar-refractivity contribution in [2.45, 2.75) is 40.0 Å². The summed E-state index contributed by atoms with van der Waals surface area (Å²) in [7, 11) is 0. The lowest BCUT2D eigenvalue weighted by atomic mass is 10.0. The summed E-state index contributed by atoms with van der Waals surface area (Å²) < 4.78 is 14.2. The van der Waals surface area contributed by atoms with Gasteiger partial charge in [-0.05, 0) is 36.6 Å². The molecular weight excluding hydrogens is 436 g/mol. The number of benzene rings is 1. The van der Waals surface area contributed by atoms with Crippen LogP contribution in [0.15, 0.2) is 42.7 Å². The number of hydrogen-bond donors (Lipinski definition) is 1. The Hall–Kier alpha value is -3.66. The third-order valence-corrected chi connectivity index (χ3v) is 5.67. The number of carbonyl (C=O) groups excluding carboxylic acids is 2. The molecule has 180 valence electrons. The second-order valence-electron chi connectivity index (χ2n) is 8.32. The highest BCUT2D eigenvalue weighted by molar-refractivity contribution is 6.07. The van der Waals surface area contributed by atoms with Crippen LogP contribution >= 0.6 is 0 Å². The Morgan fingerprint density at radius 2 is 1.88 bits per heavy atom. The van der Waals surface area contributed by atoms with Gasteiger partial charge in [-0.1, -0.05) is 26.0 Å². The number of amides is 2. The second-order valence-corrected chi connectivity index (χ2v) is 8.32. The molecule has 1 aromatic carbocycles. The third-order valence-electron chi connectivity index (χ3n) is 5.67. The first-order chi connectivity index (χ1) is 16.5. The van der Waals surface area contributed by atoms with Crippen molar-refractivity contribution in [3.8, 4) is 5.75 Å². The number of carbonyl (C=O) groups is 2. The molecule has 3 aromatic rings. The molecule has 0 atom stereocenters. The largest absolute Gasteiger partial charge is 0.471 e. The number of hydrogen-bond acceptors (Lipinski definition) is 6. The maximum absolute atomic E-state index is 13.1. The molecule has 10 nitrogen and oxygen atoms in total. The van der Waals surface area contributed by atoms with Gasteiger partial charge >= 0.3 is 0 Å². The van der Waals surface area contributed by atoms with Crippen molar-refractivity contribution in [1.29, 1.82) is 0 Å². The average molecular weight is 467 g/mol. The minimum absolute atomic E-state index is 0.169. The van der Waals surface area contributed by atoms with Gasteiger partial charge in [0.1, 0.15) is 11.4 Å². The fourth-order valence-corrected chi connectivity index (χ4v) is 3.69. The Balaban J connectivity index is 1.40. The van der Waals surface area contributed by atoms with Crippen LogP contribution in [0, 0.1) is 0 Å². The van der Waals surface area contributed by atoms with Crippen LogP contribution in [0.5, 0.6) is 5.75 Å².